The number of rotatable bonds is 3. The van der Waals surface area contributed by atoms with E-state index in [-0.39, 0.29) is 5.75 Å². The van der Waals surface area contributed by atoms with Gasteiger partial charge in [-0.2, -0.15) is 0 Å². The van der Waals surface area contributed by atoms with Gasteiger partial charge in [-0.25, -0.2) is 0 Å². The zero-order valence-electron chi connectivity index (χ0n) is 17.5. The lowest BCUT2D eigenvalue weighted by Crippen LogP contribution is -2.51. The first kappa shape index (κ1) is 20.4. The Labute approximate surface area is 181 Å². The van der Waals surface area contributed by atoms with Gasteiger partial charge in [-0.1, -0.05) is 6.07 Å². The minimum absolute atomic E-state index is 0.135. The van der Waals surface area contributed by atoms with Crippen LogP contribution in [0.1, 0.15) is 49.0 Å². The molecule has 1 saturated heterocycles. The number of β-amino-alcohol motifs (C(OH)–C–C–N with tert-alkyl or cyclic N) is 1. The molecule has 166 valence electrons. The third-order valence-electron chi connectivity index (χ3n) is 6.60. The number of fused-ring (bicyclic) bond motifs is 2. The number of aliphatic hydroxyl groups excluding tert-OH is 2. The summed E-state index contributed by atoms with van der Waals surface area (Å²) < 4.78 is 17.7. The van der Waals surface area contributed by atoms with Gasteiger partial charge >= 0.3 is 0 Å². The van der Waals surface area contributed by atoms with E-state index in [1.165, 1.54) is 0 Å². The number of phenolic OH excluding ortho intramolecular Hbond substituents is 1. The summed E-state index contributed by atoms with van der Waals surface area (Å²) in [5.74, 6) is 2.21. The molecule has 7 heteroatoms. The van der Waals surface area contributed by atoms with Gasteiger partial charge in [0.15, 0.2) is 11.5 Å². The highest BCUT2D eigenvalue weighted by atomic mass is 16.5. The monoisotopic (exact) mass is 427 g/mol. The van der Waals surface area contributed by atoms with Crippen LogP contribution in [0, 0.1) is 0 Å². The summed E-state index contributed by atoms with van der Waals surface area (Å²) >= 11 is 0. The first-order valence-electron chi connectivity index (χ1n) is 11.0. The highest BCUT2D eigenvalue weighted by Gasteiger charge is 2.43. The normalized spacial score (nSPS) is 23.5. The molecule has 3 aliphatic rings. The first-order valence-corrected chi connectivity index (χ1v) is 11.0. The van der Waals surface area contributed by atoms with Crippen molar-refractivity contribution in [1.29, 1.82) is 0 Å². The van der Waals surface area contributed by atoms with Crippen molar-refractivity contribution in [2.45, 2.75) is 43.5 Å². The van der Waals surface area contributed by atoms with Gasteiger partial charge in [0.2, 0.25) is 0 Å². The van der Waals surface area contributed by atoms with Crippen LogP contribution in [-0.2, 0) is 0 Å². The molecule has 2 atom stereocenters. The SMILES string of the molecule is Oc1ccc2c(c1)[C@@H](O)CC1(CCN(C[C@@H](O)c3ccc4c(c3)OCCCO4)CC1)O2. The fraction of sp³-hybridized carbons (Fsp3) is 0.500. The molecule has 0 radical (unpaired) electrons. The maximum atomic E-state index is 10.8. The van der Waals surface area contributed by atoms with Gasteiger partial charge in [0.25, 0.3) is 0 Å². The lowest BCUT2D eigenvalue weighted by atomic mass is 9.81. The summed E-state index contributed by atoms with van der Waals surface area (Å²) in [6, 6.07) is 10.5. The molecule has 0 saturated carbocycles. The minimum atomic E-state index is -0.644. The van der Waals surface area contributed by atoms with Gasteiger partial charge in [-0.15, -0.1) is 0 Å². The van der Waals surface area contributed by atoms with E-state index in [0.29, 0.717) is 43.2 Å². The number of likely N-dealkylation sites (tertiary alicyclic amines) is 1. The molecule has 7 nitrogen and oxygen atoms in total. The summed E-state index contributed by atoms with van der Waals surface area (Å²) in [7, 11) is 0. The number of hydrogen-bond donors (Lipinski definition) is 3. The Balaban J connectivity index is 1.21. The Morgan fingerprint density at radius 2 is 1.74 bits per heavy atom. The summed E-state index contributed by atoms with van der Waals surface area (Å²) in [5.41, 5.74) is 1.07. The second kappa shape index (κ2) is 8.22. The van der Waals surface area contributed by atoms with Crippen LogP contribution in [-0.4, -0.2) is 58.7 Å². The van der Waals surface area contributed by atoms with Gasteiger partial charge in [0, 0.05) is 38.0 Å². The number of hydrogen-bond acceptors (Lipinski definition) is 7. The van der Waals surface area contributed by atoms with E-state index in [4.69, 9.17) is 14.2 Å². The van der Waals surface area contributed by atoms with Gasteiger partial charge < -0.3 is 34.4 Å². The molecule has 2 aromatic rings. The lowest BCUT2D eigenvalue weighted by molar-refractivity contribution is -0.0588. The Morgan fingerprint density at radius 1 is 1.00 bits per heavy atom. The molecule has 0 bridgehead atoms. The molecule has 0 unspecified atom stereocenters. The zero-order valence-corrected chi connectivity index (χ0v) is 17.5. The molecule has 1 spiro atoms. The van der Waals surface area contributed by atoms with Crippen LogP contribution in [0.3, 0.4) is 0 Å². The molecule has 0 amide bonds. The number of nitrogens with zero attached hydrogens (tertiary/aromatic N) is 1. The third-order valence-corrected chi connectivity index (χ3v) is 6.60. The van der Waals surface area contributed by atoms with Crippen LogP contribution >= 0.6 is 0 Å². The van der Waals surface area contributed by atoms with E-state index >= 15 is 0 Å². The molecular weight excluding hydrogens is 398 g/mol. The van der Waals surface area contributed by atoms with E-state index in [1.54, 1.807) is 18.2 Å². The lowest BCUT2D eigenvalue weighted by Gasteiger charge is -2.46. The van der Waals surface area contributed by atoms with Crippen LogP contribution in [0.2, 0.25) is 0 Å². The van der Waals surface area contributed by atoms with E-state index < -0.39 is 17.8 Å². The topological polar surface area (TPSA) is 91.6 Å². The average molecular weight is 427 g/mol. The molecular formula is C24H29NO6. The number of ether oxygens (including phenoxy) is 3. The number of benzene rings is 2. The number of aliphatic hydroxyl groups is 2. The second-order valence-corrected chi connectivity index (χ2v) is 8.80. The van der Waals surface area contributed by atoms with Crippen molar-refractivity contribution in [3.05, 3.63) is 47.5 Å². The van der Waals surface area contributed by atoms with Gasteiger partial charge in [0.1, 0.15) is 17.1 Å². The first-order chi connectivity index (χ1) is 15.0. The summed E-state index contributed by atoms with van der Waals surface area (Å²) in [4.78, 5) is 2.24. The van der Waals surface area contributed by atoms with Crippen LogP contribution in [0.15, 0.2) is 36.4 Å². The number of aromatic hydroxyl groups is 1. The Hall–Kier alpha value is -2.48. The molecule has 3 heterocycles. The summed E-state index contributed by atoms with van der Waals surface area (Å²) in [6.45, 7) is 3.36. The van der Waals surface area contributed by atoms with Gasteiger partial charge in [-0.05, 0) is 48.7 Å². The van der Waals surface area contributed by atoms with Crippen molar-refractivity contribution in [3.63, 3.8) is 0 Å². The van der Waals surface area contributed by atoms with E-state index in [0.717, 1.165) is 43.7 Å². The molecule has 3 N–H and O–H groups in total. The third kappa shape index (κ3) is 4.18. The Kier molecular flexibility index (Phi) is 5.42. The smallest absolute Gasteiger partial charge is 0.161 e. The van der Waals surface area contributed by atoms with Crippen molar-refractivity contribution < 1.29 is 29.5 Å². The predicted octanol–water partition coefficient (Wildman–Crippen LogP) is 2.94. The highest BCUT2D eigenvalue weighted by molar-refractivity contribution is 5.44. The van der Waals surface area contributed by atoms with E-state index in [2.05, 4.69) is 4.90 Å². The number of phenols is 1. The maximum Gasteiger partial charge on any atom is 0.161 e. The molecule has 0 aliphatic carbocycles. The van der Waals surface area contributed by atoms with Crippen molar-refractivity contribution in [1.82, 2.24) is 4.90 Å². The predicted molar refractivity (Wildman–Crippen MR) is 114 cm³/mol. The summed E-state index contributed by atoms with van der Waals surface area (Å²) in [5, 5.41) is 31.1. The molecule has 0 aromatic heterocycles. The molecule has 3 aliphatic heterocycles. The van der Waals surface area contributed by atoms with Crippen LogP contribution < -0.4 is 14.2 Å². The Morgan fingerprint density at radius 3 is 2.55 bits per heavy atom. The maximum absolute atomic E-state index is 10.8. The standard InChI is InChI=1S/C24H29NO6/c26-17-3-5-21-18(13-17)19(27)14-24(31-21)6-8-25(9-7-24)15-20(28)16-2-4-22-23(12-16)30-11-1-10-29-22/h2-5,12-13,19-20,26-28H,1,6-11,14-15H2/t19-,20+/m0/s1. The van der Waals surface area contributed by atoms with E-state index in [9.17, 15) is 15.3 Å². The molecule has 5 rings (SSSR count). The molecule has 1 fully saturated rings. The van der Waals surface area contributed by atoms with Crippen LogP contribution in [0.5, 0.6) is 23.0 Å². The van der Waals surface area contributed by atoms with Gasteiger partial charge in [-0.3, -0.25) is 0 Å². The molecule has 31 heavy (non-hydrogen) atoms. The van der Waals surface area contributed by atoms with Crippen molar-refractivity contribution in [3.8, 4) is 23.0 Å². The van der Waals surface area contributed by atoms with Gasteiger partial charge in [0.05, 0.1) is 25.4 Å². The van der Waals surface area contributed by atoms with Crippen molar-refractivity contribution in [2.24, 2.45) is 0 Å². The Bertz CT molecular complexity index is 940. The quantitative estimate of drug-likeness (QED) is 0.694. The number of piperidine rings is 1. The van der Waals surface area contributed by atoms with Crippen LogP contribution in [0.4, 0.5) is 0 Å². The highest BCUT2D eigenvalue weighted by Crippen LogP contribution is 2.45. The molecule has 2 aromatic carbocycles. The fourth-order valence-electron chi connectivity index (χ4n) is 4.81. The average Bonchev–Trinajstić information content (AvgIpc) is 3.01. The zero-order chi connectivity index (χ0) is 21.4. The minimum Gasteiger partial charge on any atom is -0.508 e. The van der Waals surface area contributed by atoms with Crippen LogP contribution in [0.25, 0.3) is 0 Å². The van der Waals surface area contributed by atoms with E-state index in [1.807, 2.05) is 18.2 Å². The summed E-state index contributed by atoms with van der Waals surface area (Å²) in [6.07, 6.45) is 1.66. The fourth-order valence-corrected chi connectivity index (χ4v) is 4.81. The van der Waals surface area contributed by atoms with Crippen molar-refractivity contribution in [2.75, 3.05) is 32.8 Å². The second-order valence-electron chi connectivity index (χ2n) is 8.80. The van der Waals surface area contributed by atoms with Crippen molar-refractivity contribution >= 4 is 0 Å². The largest absolute Gasteiger partial charge is 0.508 e.